The smallest absolute Gasteiger partial charge is 0.224 e. The van der Waals surface area contributed by atoms with E-state index in [1.54, 1.807) is 0 Å². The van der Waals surface area contributed by atoms with Crippen LogP contribution >= 0.6 is 12.4 Å². The predicted molar refractivity (Wildman–Crippen MR) is 89.8 cm³/mol. The molecular weight excluding hydrogens is 284 g/mol. The van der Waals surface area contributed by atoms with Gasteiger partial charge in [-0.15, -0.1) is 12.4 Å². The molecule has 1 amide bonds. The van der Waals surface area contributed by atoms with Crippen molar-refractivity contribution in [3.8, 4) is 0 Å². The summed E-state index contributed by atoms with van der Waals surface area (Å²) in [7, 11) is 0. The van der Waals surface area contributed by atoms with E-state index in [0.29, 0.717) is 6.54 Å². The van der Waals surface area contributed by atoms with E-state index in [0.717, 1.165) is 31.5 Å². The van der Waals surface area contributed by atoms with Gasteiger partial charge in [0.25, 0.3) is 0 Å². The van der Waals surface area contributed by atoms with Crippen molar-refractivity contribution in [2.45, 2.75) is 45.6 Å². The lowest BCUT2D eigenvalue weighted by Gasteiger charge is -2.22. The molecule has 3 nitrogen and oxygen atoms in total. The van der Waals surface area contributed by atoms with Gasteiger partial charge in [-0.2, -0.15) is 0 Å². The van der Waals surface area contributed by atoms with E-state index in [1.807, 2.05) is 0 Å². The van der Waals surface area contributed by atoms with Crippen molar-refractivity contribution in [3.63, 3.8) is 0 Å². The molecule has 1 aromatic carbocycles. The minimum atomic E-state index is 0. The molecule has 0 bridgehead atoms. The molecule has 1 saturated heterocycles. The Bertz CT molecular complexity index is 445. The number of carbonyl (C=O) groups excluding carboxylic acids is 1. The van der Waals surface area contributed by atoms with E-state index in [2.05, 4.69) is 55.7 Å². The van der Waals surface area contributed by atoms with Gasteiger partial charge in [0.05, 0.1) is 5.92 Å². The number of halogens is 1. The van der Waals surface area contributed by atoms with Gasteiger partial charge in [0.15, 0.2) is 0 Å². The number of rotatable bonds is 3. The highest BCUT2D eigenvalue weighted by molar-refractivity contribution is 5.85. The minimum absolute atomic E-state index is 0. The highest BCUT2D eigenvalue weighted by Gasteiger charge is 2.20. The van der Waals surface area contributed by atoms with Gasteiger partial charge in [0, 0.05) is 13.1 Å². The summed E-state index contributed by atoms with van der Waals surface area (Å²) in [6, 6.07) is 8.53. The van der Waals surface area contributed by atoms with E-state index in [-0.39, 0.29) is 29.6 Å². The summed E-state index contributed by atoms with van der Waals surface area (Å²) in [4.78, 5) is 12.0. The number of piperidine rings is 1. The zero-order chi connectivity index (χ0) is 14.6. The first kappa shape index (κ1) is 18.0. The molecule has 1 aliphatic heterocycles. The first-order valence-corrected chi connectivity index (χ1v) is 7.54. The fraction of sp³-hybridized carbons (Fsp3) is 0.588. The normalized spacial score (nSPS) is 18.7. The molecule has 1 atom stereocenters. The van der Waals surface area contributed by atoms with Crippen LogP contribution in [-0.4, -0.2) is 19.0 Å². The molecule has 2 rings (SSSR count). The highest BCUT2D eigenvalue weighted by Crippen LogP contribution is 2.22. The molecule has 0 saturated carbocycles. The maximum Gasteiger partial charge on any atom is 0.224 e. The number of hydrogen-bond donors (Lipinski definition) is 2. The third-order valence-electron chi connectivity index (χ3n) is 3.95. The molecule has 118 valence electrons. The van der Waals surface area contributed by atoms with Gasteiger partial charge in [-0.05, 0) is 35.9 Å². The molecule has 2 N–H and O–H groups in total. The minimum Gasteiger partial charge on any atom is -0.352 e. The summed E-state index contributed by atoms with van der Waals surface area (Å²) in [5.41, 5.74) is 2.66. The molecule has 0 radical (unpaired) electrons. The number of benzene rings is 1. The monoisotopic (exact) mass is 310 g/mol. The van der Waals surface area contributed by atoms with E-state index in [4.69, 9.17) is 0 Å². The number of carbonyl (C=O) groups is 1. The van der Waals surface area contributed by atoms with Crippen LogP contribution in [0.5, 0.6) is 0 Å². The lowest BCUT2D eigenvalue weighted by molar-refractivity contribution is -0.125. The maximum atomic E-state index is 12.0. The van der Waals surface area contributed by atoms with Crippen LogP contribution in [0.25, 0.3) is 0 Å². The maximum absolute atomic E-state index is 12.0. The van der Waals surface area contributed by atoms with Crippen LogP contribution in [0.15, 0.2) is 24.3 Å². The van der Waals surface area contributed by atoms with E-state index in [1.165, 1.54) is 5.56 Å². The fourth-order valence-corrected chi connectivity index (χ4v) is 2.53. The second-order valence-corrected chi connectivity index (χ2v) is 6.71. The predicted octanol–water partition coefficient (Wildman–Crippen LogP) is 3.02. The molecule has 1 heterocycles. The van der Waals surface area contributed by atoms with Crippen molar-refractivity contribution in [1.82, 2.24) is 10.6 Å². The quantitative estimate of drug-likeness (QED) is 0.901. The summed E-state index contributed by atoms with van der Waals surface area (Å²) in [6.45, 7) is 9.10. The second-order valence-electron chi connectivity index (χ2n) is 6.71. The molecule has 1 aliphatic rings. The highest BCUT2D eigenvalue weighted by atomic mass is 35.5. The molecule has 0 spiro atoms. The van der Waals surface area contributed by atoms with Gasteiger partial charge in [0.2, 0.25) is 5.91 Å². The van der Waals surface area contributed by atoms with Crippen LogP contribution in [0.4, 0.5) is 0 Å². The molecule has 1 fully saturated rings. The summed E-state index contributed by atoms with van der Waals surface area (Å²) in [5, 5.41) is 6.33. The van der Waals surface area contributed by atoms with Crippen LogP contribution in [-0.2, 0) is 16.8 Å². The first-order chi connectivity index (χ1) is 9.47. The van der Waals surface area contributed by atoms with Gasteiger partial charge >= 0.3 is 0 Å². The summed E-state index contributed by atoms with van der Waals surface area (Å²) < 4.78 is 0. The standard InChI is InChI=1S/C17H26N2O.ClH/c1-17(2,3)15-8-6-13(7-9-15)11-19-16(20)14-5-4-10-18-12-14;/h6-9,14,18H,4-5,10-12H2,1-3H3,(H,19,20);1H. The Hall–Kier alpha value is -1.06. The molecule has 0 aliphatic carbocycles. The number of amides is 1. The largest absolute Gasteiger partial charge is 0.352 e. The average Bonchev–Trinajstić information content (AvgIpc) is 2.45. The van der Waals surface area contributed by atoms with Crippen molar-refractivity contribution < 1.29 is 4.79 Å². The lowest BCUT2D eigenvalue weighted by atomic mass is 9.87. The van der Waals surface area contributed by atoms with E-state index < -0.39 is 0 Å². The molecular formula is C17H27ClN2O. The van der Waals surface area contributed by atoms with Gasteiger partial charge in [0.1, 0.15) is 0 Å². The molecule has 1 unspecified atom stereocenters. The van der Waals surface area contributed by atoms with Crippen molar-refractivity contribution in [3.05, 3.63) is 35.4 Å². The zero-order valence-corrected chi connectivity index (χ0v) is 14.1. The lowest BCUT2D eigenvalue weighted by Crippen LogP contribution is -2.40. The summed E-state index contributed by atoms with van der Waals surface area (Å²) in [5.74, 6) is 0.315. The Balaban J connectivity index is 0.00000220. The van der Waals surface area contributed by atoms with Gasteiger partial charge in [-0.1, -0.05) is 45.0 Å². The van der Waals surface area contributed by atoms with Crippen LogP contribution in [0.3, 0.4) is 0 Å². The molecule has 4 heteroatoms. The Morgan fingerprint density at radius 3 is 2.48 bits per heavy atom. The van der Waals surface area contributed by atoms with Crippen molar-refractivity contribution in [2.75, 3.05) is 13.1 Å². The molecule has 0 aromatic heterocycles. The van der Waals surface area contributed by atoms with Crippen molar-refractivity contribution in [1.29, 1.82) is 0 Å². The van der Waals surface area contributed by atoms with Crippen LogP contribution in [0.1, 0.15) is 44.7 Å². The Morgan fingerprint density at radius 1 is 1.29 bits per heavy atom. The van der Waals surface area contributed by atoms with Crippen LogP contribution in [0, 0.1) is 5.92 Å². The number of nitrogens with one attached hydrogen (secondary N) is 2. The zero-order valence-electron chi connectivity index (χ0n) is 13.2. The van der Waals surface area contributed by atoms with E-state index >= 15 is 0 Å². The van der Waals surface area contributed by atoms with Crippen molar-refractivity contribution >= 4 is 18.3 Å². The van der Waals surface area contributed by atoms with Crippen molar-refractivity contribution in [2.24, 2.45) is 5.92 Å². The first-order valence-electron chi connectivity index (χ1n) is 7.54. The summed E-state index contributed by atoms with van der Waals surface area (Å²) >= 11 is 0. The molecule has 21 heavy (non-hydrogen) atoms. The van der Waals surface area contributed by atoms with Gasteiger partial charge < -0.3 is 10.6 Å². The number of hydrogen-bond acceptors (Lipinski definition) is 2. The third kappa shape index (κ3) is 5.33. The summed E-state index contributed by atoms with van der Waals surface area (Å²) in [6.07, 6.45) is 2.10. The second kappa shape index (κ2) is 7.81. The Labute approximate surface area is 134 Å². The topological polar surface area (TPSA) is 41.1 Å². The fourth-order valence-electron chi connectivity index (χ4n) is 2.53. The third-order valence-corrected chi connectivity index (χ3v) is 3.95. The SMILES string of the molecule is CC(C)(C)c1ccc(CNC(=O)C2CCCNC2)cc1.Cl. The average molecular weight is 311 g/mol. The molecule has 1 aromatic rings. The van der Waals surface area contributed by atoms with E-state index in [9.17, 15) is 4.79 Å². The van der Waals surface area contributed by atoms with Gasteiger partial charge in [-0.25, -0.2) is 0 Å². The van der Waals surface area contributed by atoms with Crippen LogP contribution < -0.4 is 10.6 Å². The van der Waals surface area contributed by atoms with Crippen LogP contribution in [0.2, 0.25) is 0 Å². The Morgan fingerprint density at radius 2 is 1.95 bits per heavy atom. The van der Waals surface area contributed by atoms with Gasteiger partial charge in [-0.3, -0.25) is 4.79 Å². The Kier molecular flexibility index (Phi) is 6.69.